The maximum atomic E-state index is 14.4. The van der Waals surface area contributed by atoms with E-state index in [9.17, 15) is 25.2 Å². The molecule has 0 aromatic carbocycles. The van der Waals surface area contributed by atoms with Crippen molar-refractivity contribution < 1.29 is 53.6 Å². The fourth-order valence-corrected chi connectivity index (χ4v) is 9.10. The predicted molar refractivity (Wildman–Crippen MR) is 195 cm³/mol. The quantitative estimate of drug-likeness (QED) is 0.242. The molecule has 0 amide bonds. The van der Waals surface area contributed by atoms with Crippen molar-refractivity contribution in [2.75, 3.05) is 27.7 Å². The third-order valence-corrected chi connectivity index (χ3v) is 12.8. The Morgan fingerprint density at radius 3 is 2.13 bits per heavy atom. The molecule has 5 N–H and O–H groups in total. The third kappa shape index (κ3) is 9.87. The Hall–Kier alpha value is -0.970. The zero-order valence-corrected chi connectivity index (χ0v) is 33.9. The monoisotopic (exact) mass is 745 g/mol. The maximum absolute atomic E-state index is 14.4. The van der Waals surface area contributed by atoms with Gasteiger partial charge in [0.15, 0.2) is 12.6 Å². The molecule has 18 atom stereocenters. The molecule has 13 nitrogen and oxygen atoms in total. The Labute approximate surface area is 312 Å². The zero-order chi connectivity index (χ0) is 38.9. The zero-order valence-electron chi connectivity index (χ0n) is 33.9. The number of rotatable bonds is 7. The summed E-state index contributed by atoms with van der Waals surface area (Å²) in [7, 11) is 5.35. The van der Waals surface area contributed by atoms with Gasteiger partial charge in [0.25, 0.3) is 0 Å². The van der Waals surface area contributed by atoms with Gasteiger partial charge in [0.1, 0.15) is 18.3 Å². The Morgan fingerprint density at radius 1 is 0.904 bits per heavy atom. The number of esters is 1. The van der Waals surface area contributed by atoms with E-state index in [1.54, 1.807) is 27.7 Å². The summed E-state index contributed by atoms with van der Waals surface area (Å²) in [5.41, 5.74) is -2.47. The molecule has 0 bridgehead atoms. The summed E-state index contributed by atoms with van der Waals surface area (Å²) < 4.78 is 38.1. The van der Waals surface area contributed by atoms with Crippen LogP contribution in [0.4, 0.5) is 0 Å². The van der Waals surface area contributed by atoms with Gasteiger partial charge in [0, 0.05) is 37.5 Å². The molecule has 3 heterocycles. The smallest absolute Gasteiger partial charge is 0.311 e. The minimum absolute atomic E-state index is 0.0578. The lowest BCUT2D eigenvalue weighted by molar-refractivity contribution is -0.318. The second-order valence-corrected chi connectivity index (χ2v) is 17.6. The third-order valence-electron chi connectivity index (χ3n) is 12.8. The molecule has 3 aliphatic heterocycles. The van der Waals surface area contributed by atoms with Crippen LogP contribution in [0.5, 0.6) is 0 Å². The Balaban J connectivity index is 1.78. The number of hydrogen-bond acceptors (Lipinski definition) is 13. The Bertz CT molecular complexity index is 1140. The number of carbonyl (C=O) groups is 1. The van der Waals surface area contributed by atoms with Crippen LogP contribution in [0.2, 0.25) is 0 Å². The first-order valence-corrected chi connectivity index (χ1v) is 19.7. The standard InChI is InChI=1S/C39H72N2O11/c1-20-17-38(8,46)35(52-37-31(43)28(41(10)11)16-21(2)48-37)23(4)32(50-29-18-39(9,47-12)34(44)26(7)49-29)24(5)36(45)51-33(27-14-13-15-27)22(3)30(42)25(6)40-19-20/h20-35,37,40,42-44,46H,13-19H2,1-12H3/t20-,21-,22-,23+,24-,25+,26+,28+,29+,30+,31-,32+,33-,34+,35-,37+,38+,39-/m1/s1. The van der Waals surface area contributed by atoms with Gasteiger partial charge in [-0.2, -0.15) is 0 Å². The van der Waals surface area contributed by atoms with Gasteiger partial charge >= 0.3 is 5.97 Å². The number of nitrogens with zero attached hydrogens (tertiary/aromatic N) is 1. The largest absolute Gasteiger partial charge is 0.461 e. The molecule has 1 saturated carbocycles. The van der Waals surface area contributed by atoms with Gasteiger partial charge in [0.05, 0.1) is 47.6 Å². The van der Waals surface area contributed by atoms with Crippen molar-refractivity contribution in [3.8, 4) is 0 Å². The molecule has 0 unspecified atom stereocenters. The van der Waals surface area contributed by atoms with Crippen LogP contribution < -0.4 is 5.32 Å². The number of methoxy groups -OCH3 is 1. The molecule has 52 heavy (non-hydrogen) atoms. The molecule has 304 valence electrons. The molecule has 1 aliphatic carbocycles. The van der Waals surface area contributed by atoms with E-state index in [0.29, 0.717) is 19.4 Å². The molecule has 4 fully saturated rings. The molecule has 13 heteroatoms. The van der Waals surface area contributed by atoms with Crippen LogP contribution in [0.25, 0.3) is 0 Å². The SMILES string of the molecule is CO[C@]1(C)C[C@H](O[C@H]2[C@H](C)[C@@H](O[C@@H]3O[C@H](C)C[C@H](N(C)C)[C@H]3O)[C@@](C)(O)C[C@@H](C)CN[C@@H](C)[C@@H](O)[C@@H](C)[C@H](C3CCC3)OC(=O)[C@@H]2C)O[C@@H](C)[C@@H]1O. The summed E-state index contributed by atoms with van der Waals surface area (Å²) in [5, 5.41) is 50.0. The molecule has 4 aliphatic rings. The average molecular weight is 745 g/mol. The lowest BCUT2D eigenvalue weighted by atomic mass is 9.74. The molecule has 0 aromatic heterocycles. The lowest BCUT2D eigenvalue weighted by Gasteiger charge is -2.48. The molecule has 3 saturated heterocycles. The van der Waals surface area contributed by atoms with Gasteiger partial charge in [-0.15, -0.1) is 0 Å². The fraction of sp³-hybridized carbons (Fsp3) is 0.974. The van der Waals surface area contributed by atoms with Crippen LogP contribution in [0, 0.1) is 29.6 Å². The topological polar surface area (TPSA) is 169 Å². The Kier molecular flexibility index (Phi) is 15.0. The van der Waals surface area contributed by atoms with E-state index in [-0.39, 0.29) is 42.4 Å². The highest BCUT2D eigenvalue weighted by Gasteiger charge is 2.52. The van der Waals surface area contributed by atoms with Crippen molar-refractivity contribution >= 4 is 5.97 Å². The second-order valence-electron chi connectivity index (χ2n) is 17.6. The molecule has 0 spiro atoms. The molecular formula is C39H72N2O11. The van der Waals surface area contributed by atoms with E-state index in [1.807, 2.05) is 53.6 Å². The normalized spacial score (nSPS) is 49.4. The van der Waals surface area contributed by atoms with Crippen LogP contribution in [0.1, 0.15) is 101 Å². The van der Waals surface area contributed by atoms with Gasteiger partial charge in [0.2, 0.25) is 0 Å². The van der Waals surface area contributed by atoms with E-state index in [0.717, 1.165) is 19.3 Å². The van der Waals surface area contributed by atoms with E-state index in [1.165, 1.54) is 7.11 Å². The number of cyclic esters (lactones) is 1. The van der Waals surface area contributed by atoms with Gasteiger partial charge in [-0.1, -0.05) is 27.2 Å². The number of ether oxygens (including phenoxy) is 6. The summed E-state index contributed by atoms with van der Waals surface area (Å²) in [6.07, 6.45) is -3.93. The predicted octanol–water partition coefficient (Wildman–Crippen LogP) is 2.83. The van der Waals surface area contributed by atoms with Crippen molar-refractivity contribution in [1.29, 1.82) is 0 Å². The Morgan fingerprint density at radius 2 is 1.56 bits per heavy atom. The lowest BCUT2D eigenvalue weighted by Crippen LogP contribution is -2.60. The van der Waals surface area contributed by atoms with Gasteiger partial charge in [-0.3, -0.25) is 4.79 Å². The number of likely N-dealkylation sites (N-methyl/N-ethyl adjacent to an activating group) is 1. The second kappa shape index (κ2) is 17.9. The minimum atomic E-state index is -1.50. The number of aliphatic hydroxyl groups is 4. The van der Waals surface area contributed by atoms with E-state index < -0.39 is 84.3 Å². The highest BCUT2D eigenvalue weighted by molar-refractivity contribution is 5.73. The maximum Gasteiger partial charge on any atom is 0.311 e. The summed E-state index contributed by atoms with van der Waals surface area (Å²) in [6, 6.07) is -0.534. The highest BCUT2D eigenvalue weighted by Crippen LogP contribution is 2.41. The number of carbonyl (C=O) groups excluding carboxylic acids is 1. The van der Waals surface area contributed by atoms with E-state index >= 15 is 0 Å². The van der Waals surface area contributed by atoms with Crippen LogP contribution in [-0.2, 0) is 33.2 Å². The van der Waals surface area contributed by atoms with Crippen molar-refractivity contribution in [3.05, 3.63) is 0 Å². The molecule has 4 rings (SSSR count). The van der Waals surface area contributed by atoms with Gasteiger partial charge < -0.3 is 59.1 Å². The van der Waals surface area contributed by atoms with Crippen LogP contribution >= 0.6 is 0 Å². The minimum Gasteiger partial charge on any atom is -0.461 e. The van der Waals surface area contributed by atoms with Gasteiger partial charge in [-0.25, -0.2) is 0 Å². The molecule has 0 aromatic rings. The van der Waals surface area contributed by atoms with Crippen LogP contribution in [-0.4, -0.2) is 144 Å². The van der Waals surface area contributed by atoms with Crippen molar-refractivity contribution in [1.82, 2.24) is 10.2 Å². The van der Waals surface area contributed by atoms with Crippen molar-refractivity contribution in [2.45, 2.75) is 186 Å². The molecule has 0 radical (unpaired) electrons. The number of aliphatic hydroxyl groups excluding tert-OH is 3. The summed E-state index contributed by atoms with van der Waals surface area (Å²) in [6.45, 7) is 17.3. The van der Waals surface area contributed by atoms with Gasteiger partial charge in [-0.05, 0) is 99.7 Å². The first-order valence-electron chi connectivity index (χ1n) is 19.7. The van der Waals surface area contributed by atoms with Crippen molar-refractivity contribution in [3.63, 3.8) is 0 Å². The number of nitrogens with one attached hydrogen (secondary N) is 1. The van der Waals surface area contributed by atoms with E-state index in [2.05, 4.69) is 5.32 Å². The summed E-state index contributed by atoms with van der Waals surface area (Å²) >= 11 is 0. The van der Waals surface area contributed by atoms with Crippen LogP contribution in [0.15, 0.2) is 0 Å². The summed E-state index contributed by atoms with van der Waals surface area (Å²) in [5.74, 6) is -2.27. The van der Waals surface area contributed by atoms with Crippen LogP contribution in [0.3, 0.4) is 0 Å². The fourth-order valence-electron chi connectivity index (χ4n) is 9.10. The molecular weight excluding hydrogens is 672 g/mol. The first-order chi connectivity index (χ1) is 24.2. The average Bonchev–Trinajstić information content (AvgIpc) is 3.05. The van der Waals surface area contributed by atoms with Crippen molar-refractivity contribution in [2.24, 2.45) is 29.6 Å². The highest BCUT2D eigenvalue weighted by atomic mass is 16.7. The first kappa shape index (κ1) is 43.8. The summed E-state index contributed by atoms with van der Waals surface area (Å²) in [4.78, 5) is 16.3. The number of hydrogen-bond donors (Lipinski definition) is 5. The van der Waals surface area contributed by atoms with E-state index in [4.69, 9.17) is 28.4 Å².